The van der Waals surface area contributed by atoms with Gasteiger partial charge in [0.05, 0.1) is 4.47 Å². The van der Waals surface area contributed by atoms with Gasteiger partial charge in [0.1, 0.15) is 11.6 Å². The fourth-order valence-electron chi connectivity index (χ4n) is 1.85. The van der Waals surface area contributed by atoms with E-state index in [4.69, 9.17) is 10.5 Å². The highest BCUT2D eigenvalue weighted by Gasteiger charge is 2.08. The lowest BCUT2D eigenvalue weighted by Crippen LogP contribution is -1.98. The molecule has 1 aromatic heterocycles. The minimum absolute atomic E-state index is 0.367. The molecule has 3 aromatic rings. The first-order valence-electron chi connectivity index (χ1n) is 6.35. The second-order valence-corrected chi connectivity index (χ2v) is 5.21. The van der Waals surface area contributed by atoms with Gasteiger partial charge < -0.3 is 10.5 Å². The monoisotopic (exact) mass is 341 g/mol. The van der Waals surface area contributed by atoms with Crippen LogP contribution in [0.2, 0.25) is 0 Å². The topological polar surface area (TPSA) is 61.0 Å². The van der Waals surface area contributed by atoms with Crippen LogP contribution in [0.5, 0.6) is 11.6 Å². The molecule has 0 fully saturated rings. The molecule has 5 heteroatoms. The lowest BCUT2D eigenvalue weighted by Gasteiger charge is -2.09. The number of benzene rings is 2. The molecule has 3 rings (SSSR count). The Morgan fingerprint density at radius 3 is 2.38 bits per heavy atom. The Balaban J connectivity index is 1.97. The van der Waals surface area contributed by atoms with E-state index in [2.05, 4.69) is 25.9 Å². The fraction of sp³-hybridized carbons (Fsp3) is 0. The maximum Gasteiger partial charge on any atom is 0.225 e. The van der Waals surface area contributed by atoms with Crippen molar-refractivity contribution in [1.82, 2.24) is 9.97 Å². The smallest absolute Gasteiger partial charge is 0.225 e. The molecule has 0 spiro atoms. The molecule has 0 radical (unpaired) electrons. The van der Waals surface area contributed by atoms with Gasteiger partial charge in [-0.05, 0) is 28.1 Å². The van der Waals surface area contributed by atoms with Crippen LogP contribution < -0.4 is 10.5 Å². The van der Waals surface area contributed by atoms with E-state index in [1.165, 1.54) is 0 Å². The summed E-state index contributed by atoms with van der Waals surface area (Å²) in [5, 5.41) is 0. The van der Waals surface area contributed by atoms with Gasteiger partial charge in [-0.3, -0.25) is 0 Å². The third-order valence-electron chi connectivity index (χ3n) is 2.81. The maximum absolute atomic E-state index is 5.85. The van der Waals surface area contributed by atoms with Gasteiger partial charge in [-0.2, -0.15) is 4.98 Å². The minimum Gasteiger partial charge on any atom is -0.438 e. The summed E-state index contributed by atoms with van der Waals surface area (Å²) >= 11 is 3.44. The van der Waals surface area contributed by atoms with E-state index in [0.717, 1.165) is 10.0 Å². The number of nitrogens with two attached hydrogens (primary N) is 1. The average Bonchev–Trinajstić information content (AvgIpc) is 2.50. The first-order chi connectivity index (χ1) is 10.2. The number of para-hydroxylation sites is 1. The number of hydrogen-bond donors (Lipinski definition) is 1. The number of anilines is 1. The lowest BCUT2D eigenvalue weighted by atomic mass is 10.2. The molecule has 0 aliphatic carbocycles. The molecule has 4 nitrogen and oxygen atoms in total. The first kappa shape index (κ1) is 13.6. The Morgan fingerprint density at radius 1 is 0.905 bits per heavy atom. The molecule has 0 unspecified atom stereocenters. The summed E-state index contributed by atoms with van der Waals surface area (Å²) in [6.45, 7) is 0. The number of halogens is 1. The first-order valence-corrected chi connectivity index (χ1v) is 7.14. The Morgan fingerprint density at radius 2 is 1.62 bits per heavy atom. The second-order valence-electron chi connectivity index (χ2n) is 4.35. The van der Waals surface area contributed by atoms with E-state index >= 15 is 0 Å². The van der Waals surface area contributed by atoms with Crippen LogP contribution in [0.15, 0.2) is 65.1 Å². The minimum atomic E-state index is 0.367. The zero-order valence-electron chi connectivity index (χ0n) is 11.0. The quantitative estimate of drug-likeness (QED) is 0.772. The summed E-state index contributed by atoms with van der Waals surface area (Å²) in [4.78, 5) is 8.65. The summed E-state index contributed by atoms with van der Waals surface area (Å²) in [6, 6.07) is 18.8. The molecule has 0 saturated carbocycles. The van der Waals surface area contributed by atoms with E-state index in [-0.39, 0.29) is 0 Å². The van der Waals surface area contributed by atoms with Gasteiger partial charge in [0.2, 0.25) is 5.88 Å². The highest BCUT2D eigenvalue weighted by molar-refractivity contribution is 9.10. The standard InChI is InChI=1S/C16H12BrN3O/c17-12-8-4-5-9-13(12)21-15-10-14(18)19-16(20-15)11-6-2-1-3-7-11/h1-10H,(H2,18,19,20). The Bertz CT molecular complexity index is 762. The zero-order valence-corrected chi connectivity index (χ0v) is 12.6. The van der Waals surface area contributed by atoms with Gasteiger partial charge in [0.15, 0.2) is 5.82 Å². The summed E-state index contributed by atoms with van der Waals surface area (Å²) in [5.41, 5.74) is 6.74. The number of rotatable bonds is 3. The summed E-state index contributed by atoms with van der Waals surface area (Å²) in [5.74, 6) is 1.99. The van der Waals surface area contributed by atoms with Crippen molar-refractivity contribution in [2.75, 3.05) is 5.73 Å². The van der Waals surface area contributed by atoms with E-state index in [0.29, 0.717) is 23.3 Å². The van der Waals surface area contributed by atoms with Crippen molar-refractivity contribution in [3.8, 4) is 23.0 Å². The van der Waals surface area contributed by atoms with Crippen LogP contribution in [0.3, 0.4) is 0 Å². The average molecular weight is 342 g/mol. The van der Waals surface area contributed by atoms with Crippen LogP contribution in [-0.2, 0) is 0 Å². The largest absolute Gasteiger partial charge is 0.438 e. The Kier molecular flexibility index (Phi) is 3.83. The van der Waals surface area contributed by atoms with Gasteiger partial charge in [-0.15, -0.1) is 0 Å². The molecular formula is C16H12BrN3O. The molecule has 2 aromatic carbocycles. The Labute approximate surface area is 130 Å². The van der Waals surface area contributed by atoms with Crippen LogP contribution in [0, 0.1) is 0 Å². The maximum atomic E-state index is 5.85. The van der Waals surface area contributed by atoms with Gasteiger partial charge in [0, 0.05) is 11.6 Å². The summed E-state index contributed by atoms with van der Waals surface area (Å²) < 4.78 is 6.62. The van der Waals surface area contributed by atoms with Crippen LogP contribution >= 0.6 is 15.9 Å². The molecule has 0 amide bonds. The van der Waals surface area contributed by atoms with Crippen molar-refractivity contribution in [1.29, 1.82) is 0 Å². The predicted molar refractivity (Wildman–Crippen MR) is 86.1 cm³/mol. The van der Waals surface area contributed by atoms with Crippen molar-refractivity contribution in [2.24, 2.45) is 0 Å². The SMILES string of the molecule is Nc1cc(Oc2ccccc2Br)nc(-c2ccccc2)n1. The van der Waals surface area contributed by atoms with Crippen molar-refractivity contribution in [2.45, 2.75) is 0 Å². The summed E-state index contributed by atoms with van der Waals surface area (Å²) in [6.07, 6.45) is 0. The van der Waals surface area contributed by atoms with Gasteiger partial charge in [-0.25, -0.2) is 4.98 Å². The third kappa shape index (κ3) is 3.20. The molecule has 21 heavy (non-hydrogen) atoms. The molecule has 0 saturated heterocycles. The van der Waals surface area contributed by atoms with Gasteiger partial charge in [0.25, 0.3) is 0 Å². The molecule has 1 heterocycles. The third-order valence-corrected chi connectivity index (χ3v) is 3.46. The zero-order chi connectivity index (χ0) is 14.7. The highest BCUT2D eigenvalue weighted by Crippen LogP contribution is 2.29. The Hall–Kier alpha value is -2.40. The number of aromatic nitrogens is 2. The van der Waals surface area contributed by atoms with Crippen molar-refractivity contribution < 1.29 is 4.74 Å². The van der Waals surface area contributed by atoms with Crippen LogP contribution in [0.25, 0.3) is 11.4 Å². The highest BCUT2D eigenvalue weighted by atomic mass is 79.9. The second kappa shape index (κ2) is 5.93. The van der Waals surface area contributed by atoms with E-state index in [9.17, 15) is 0 Å². The van der Waals surface area contributed by atoms with Crippen LogP contribution in [0.4, 0.5) is 5.82 Å². The lowest BCUT2D eigenvalue weighted by molar-refractivity contribution is 0.460. The predicted octanol–water partition coefficient (Wildman–Crippen LogP) is 4.28. The van der Waals surface area contributed by atoms with E-state index in [1.54, 1.807) is 6.07 Å². The molecule has 2 N–H and O–H groups in total. The van der Waals surface area contributed by atoms with Crippen molar-refractivity contribution in [3.63, 3.8) is 0 Å². The fourth-order valence-corrected chi connectivity index (χ4v) is 2.22. The molecular weight excluding hydrogens is 330 g/mol. The van der Waals surface area contributed by atoms with E-state index in [1.807, 2.05) is 54.6 Å². The molecule has 0 atom stereocenters. The molecule has 104 valence electrons. The van der Waals surface area contributed by atoms with Gasteiger partial charge >= 0.3 is 0 Å². The summed E-state index contributed by atoms with van der Waals surface area (Å²) in [7, 11) is 0. The number of nitrogens with zero attached hydrogens (tertiary/aromatic N) is 2. The van der Waals surface area contributed by atoms with E-state index < -0.39 is 0 Å². The number of hydrogen-bond acceptors (Lipinski definition) is 4. The molecule has 0 aliphatic heterocycles. The van der Waals surface area contributed by atoms with Crippen molar-refractivity contribution >= 4 is 21.7 Å². The normalized spacial score (nSPS) is 10.3. The van der Waals surface area contributed by atoms with Crippen LogP contribution in [0.1, 0.15) is 0 Å². The molecule has 0 bridgehead atoms. The van der Waals surface area contributed by atoms with Crippen LogP contribution in [-0.4, -0.2) is 9.97 Å². The molecule has 0 aliphatic rings. The van der Waals surface area contributed by atoms with Gasteiger partial charge in [-0.1, -0.05) is 42.5 Å². The van der Waals surface area contributed by atoms with Crippen molar-refractivity contribution in [3.05, 3.63) is 65.1 Å². The number of ether oxygens (including phenoxy) is 1. The number of nitrogen functional groups attached to an aromatic ring is 1.